The lowest BCUT2D eigenvalue weighted by Gasteiger charge is -2.07. The van der Waals surface area contributed by atoms with E-state index in [2.05, 4.69) is 10.6 Å². The van der Waals surface area contributed by atoms with Crippen molar-refractivity contribution in [3.8, 4) is 0 Å². The number of hydrogen-bond donors (Lipinski definition) is 2. The maximum Gasteiger partial charge on any atom is 0.221 e. The zero-order valence-electron chi connectivity index (χ0n) is 9.57. The second kappa shape index (κ2) is 5.21. The molecule has 0 unspecified atom stereocenters. The molecule has 0 radical (unpaired) electrons. The van der Waals surface area contributed by atoms with E-state index in [1.165, 1.54) is 6.92 Å². The predicted octanol–water partition coefficient (Wildman–Crippen LogP) is 2.85. The van der Waals surface area contributed by atoms with Crippen molar-refractivity contribution in [2.45, 2.75) is 13.5 Å². The van der Waals surface area contributed by atoms with Crippen LogP contribution in [-0.4, -0.2) is 5.91 Å². The molecule has 1 aromatic carbocycles. The summed E-state index contributed by atoms with van der Waals surface area (Å²) in [6.07, 6.45) is 3.34. The Kier molecular flexibility index (Phi) is 3.45. The molecule has 0 saturated carbocycles. The van der Waals surface area contributed by atoms with Crippen LogP contribution in [0.5, 0.6) is 0 Å². The maximum atomic E-state index is 10.9. The van der Waals surface area contributed by atoms with Gasteiger partial charge in [-0.15, -0.1) is 0 Å². The van der Waals surface area contributed by atoms with Crippen molar-refractivity contribution < 1.29 is 9.21 Å². The number of carbonyl (C=O) groups is 1. The molecule has 1 aromatic heterocycles. The van der Waals surface area contributed by atoms with E-state index in [4.69, 9.17) is 4.42 Å². The first-order chi connectivity index (χ1) is 8.24. The lowest BCUT2D eigenvalue weighted by molar-refractivity contribution is -0.114. The van der Waals surface area contributed by atoms with Crippen LogP contribution in [0.2, 0.25) is 0 Å². The van der Waals surface area contributed by atoms with Gasteiger partial charge in [0.15, 0.2) is 0 Å². The first kappa shape index (κ1) is 11.3. The second-order valence-electron chi connectivity index (χ2n) is 3.75. The monoisotopic (exact) mass is 230 g/mol. The molecule has 0 aliphatic carbocycles. The summed E-state index contributed by atoms with van der Waals surface area (Å²) in [6.45, 7) is 2.19. The zero-order chi connectivity index (χ0) is 12.1. The normalized spacial score (nSPS) is 9.94. The van der Waals surface area contributed by atoms with Gasteiger partial charge in [-0.3, -0.25) is 4.79 Å². The van der Waals surface area contributed by atoms with Gasteiger partial charge in [0.1, 0.15) is 0 Å². The van der Waals surface area contributed by atoms with Crippen molar-refractivity contribution in [2.75, 3.05) is 10.6 Å². The van der Waals surface area contributed by atoms with E-state index >= 15 is 0 Å². The number of nitrogens with one attached hydrogen (secondary N) is 2. The van der Waals surface area contributed by atoms with Crippen molar-refractivity contribution in [1.82, 2.24) is 0 Å². The molecule has 88 valence electrons. The Balaban J connectivity index is 1.98. The zero-order valence-corrected chi connectivity index (χ0v) is 9.57. The molecule has 2 N–H and O–H groups in total. The van der Waals surface area contributed by atoms with Crippen LogP contribution in [-0.2, 0) is 11.3 Å². The molecule has 2 aromatic rings. The van der Waals surface area contributed by atoms with Gasteiger partial charge in [-0.1, -0.05) is 6.07 Å². The van der Waals surface area contributed by atoms with Gasteiger partial charge in [0.25, 0.3) is 0 Å². The van der Waals surface area contributed by atoms with Crippen LogP contribution in [0.3, 0.4) is 0 Å². The fourth-order valence-corrected chi connectivity index (χ4v) is 1.51. The van der Waals surface area contributed by atoms with Gasteiger partial charge in [-0.05, 0) is 24.3 Å². The van der Waals surface area contributed by atoms with E-state index in [1.54, 1.807) is 12.5 Å². The predicted molar refractivity (Wildman–Crippen MR) is 66.8 cm³/mol. The third-order valence-electron chi connectivity index (χ3n) is 2.26. The Bertz CT molecular complexity index is 492. The Morgan fingerprint density at radius 2 is 2.12 bits per heavy atom. The van der Waals surface area contributed by atoms with Crippen molar-refractivity contribution >= 4 is 17.3 Å². The number of furan rings is 1. The molecule has 0 fully saturated rings. The summed E-state index contributed by atoms with van der Waals surface area (Å²) < 4.78 is 4.98. The van der Waals surface area contributed by atoms with Gasteiger partial charge in [0.05, 0.1) is 12.5 Å². The molecule has 4 nitrogen and oxygen atoms in total. The summed E-state index contributed by atoms with van der Waals surface area (Å²) in [7, 11) is 0. The number of amides is 1. The van der Waals surface area contributed by atoms with Gasteiger partial charge < -0.3 is 15.1 Å². The fraction of sp³-hybridized carbons (Fsp3) is 0.154. The fourth-order valence-electron chi connectivity index (χ4n) is 1.51. The Morgan fingerprint density at radius 3 is 2.82 bits per heavy atom. The van der Waals surface area contributed by atoms with Crippen molar-refractivity contribution in [3.05, 3.63) is 48.4 Å². The minimum absolute atomic E-state index is 0.0722. The number of anilines is 2. The third kappa shape index (κ3) is 3.38. The van der Waals surface area contributed by atoms with Gasteiger partial charge >= 0.3 is 0 Å². The highest BCUT2D eigenvalue weighted by Gasteiger charge is 1.98. The van der Waals surface area contributed by atoms with Gasteiger partial charge in [-0.25, -0.2) is 0 Å². The molecule has 0 saturated heterocycles. The van der Waals surface area contributed by atoms with E-state index in [-0.39, 0.29) is 5.91 Å². The van der Waals surface area contributed by atoms with E-state index < -0.39 is 0 Å². The second-order valence-corrected chi connectivity index (χ2v) is 3.75. The van der Waals surface area contributed by atoms with Crippen LogP contribution in [0.4, 0.5) is 11.4 Å². The van der Waals surface area contributed by atoms with E-state index in [0.717, 1.165) is 16.9 Å². The third-order valence-corrected chi connectivity index (χ3v) is 2.26. The first-order valence-corrected chi connectivity index (χ1v) is 5.36. The van der Waals surface area contributed by atoms with E-state index in [0.29, 0.717) is 6.54 Å². The first-order valence-electron chi connectivity index (χ1n) is 5.36. The molecule has 1 heterocycles. The van der Waals surface area contributed by atoms with Crippen LogP contribution in [0.1, 0.15) is 12.5 Å². The molecule has 2 rings (SSSR count). The lowest BCUT2D eigenvalue weighted by atomic mass is 10.2. The highest BCUT2D eigenvalue weighted by Crippen LogP contribution is 2.16. The quantitative estimate of drug-likeness (QED) is 0.849. The SMILES string of the molecule is CC(=O)Nc1cccc(NCc2ccoc2)c1. The number of carbonyl (C=O) groups excluding carboxylic acids is 1. The average molecular weight is 230 g/mol. The van der Waals surface area contributed by atoms with Crippen LogP contribution in [0.25, 0.3) is 0 Å². The summed E-state index contributed by atoms with van der Waals surface area (Å²) >= 11 is 0. The molecule has 0 spiro atoms. The Hall–Kier alpha value is -2.23. The Labute approximate surface area is 99.6 Å². The standard InChI is InChI=1S/C13H14N2O2/c1-10(16)15-13-4-2-3-12(7-13)14-8-11-5-6-17-9-11/h2-7,9,14H,8H2,1H3,(H,15,16). The topological polar surface area (TPSA) is 54.3 Å². The van der Waals surface area contributed by atoms with Gasteiger partial charge in [0.2, 0.25) is 5.91 Å². The Morgan fingerprint density at radius 1 is 1.29 bits per heavy atom. The molecule has 0 aliphatic heterocycles. The molecule has 1 amide bonds. The van der Waals surface area contributed by atoms with Crippen molar-refractivity contribution in [2.24, 2.45) is 0 Å². The van der Waals surface area contributed by atoms with Crippen LogP contribution in [0.15, 0.2) is 47.3 Å². The van der Waals surface area contributed by atoms with Crippen LogP contribution >= 0.6 is 0 Å². The van der Waals surface area contributed by atoms with Gasteiger partial charge in [0, 0.05) is 30.4 Å². The summed E-state index contributed by atoms with van der Waals surface area (Å²) in [5.41, 5.74) is 2.82. The van der Waals surface area contributed by atoms with E-state index in [9.17, 15) is 4.79 Å². The van der Waals surface area contributed by atoms with Crippen LogP contribution in [0, 0.1) is 0 Å². The highest BCUT2D eigenvalue weighted by molar-refractivity contribution is 5.89. The van der Waals surface area contributed by atoms with Crippen LogP contribution < -0.4 is 10.6 Å². The maximum absolute atomic E-state index is 10.9. The molecule has 4 heteroatoms. The molecule has 0 bridgehead atoms. The highest BCUT2D eigenvalue weighted by atomic mass is 16.3. The number of benzene rings is 1. The molecule has 17 heavy (non-hydrogen) atoms. The summed E-state index contributed by atoms with van der Waals surface area (Å²) in [5, 5.41) is 5.99. The summed E-state index contributed by atoms with van der Waals surface area (Å²) in [6, 6.07) is 9.49. The average Bonchev–Trinajstić information content (AvgIpc) is 2.79. The van der Waals surface area contributed by atoms with Crippen molar-refractivity contribution in [3.63, 3.8) is 0 Å². The lowest BCUT2D eigenvalue weighted by Crippen LogP contribution is -2.06. The van der Waals surface area contributed by atoms with Crippen molar-refractivity contribution in [1.29, 1.82) is 0 Å². The summed E-state index contributed by atoms with van der Waals surface area (Å²) in [4.78, 5) is 10.9. The van der Waals surface area contributed by atoms with Gasteiger partial charge in [-0.2, -0.15) is 0 Å². The molecule has 0 aliphatic rings. The number of rotatable bonds is 4. The molecular weight excluding hydrogens is 216 g/mol. The smallest absolute Gasteiger partial charge is 0.221 e. The molecule has 0 atom stereocenters. The largest absolute Gasteiger partial charge is 0.472 e. The summed E-state index contributed by atoms with van der Waals surface area (Å²) in [5.74, 6) is -0.0722. The molecular formula is C13H14N2O2. The number of hydrogen-bond acceptors (Lipinski definition) is 3. The minimum atomic E-state index is -0.0722. The van der Waals surface area contributed by atoms with E-state index in [1.807, 2.05) is 30.3 Å². The minimum Gasteiger partial charge on any atom is -0.472 e.